The van der Waals surface area contributed by atoms with Crippen LogP contribution < -0.4 is 202 Å². The topological polar surface area (TPSA) is 498 Å². The molecule has 0 unspecified atom stereocenters. The second-order valence-corrected chi connectivity index (χ2v) is 38.0. The summed E-state index contributed by atoms with van der Waals surface area (Å²) >= 11 is 0. The molecule has 0 radical (unpaired) electrons. The Kier molecular flexibility index (Phi) is 31.4. The van der Waals surface area contributed by atoms with Gasteiger partial charge in [-0.05, 0) is 181 Å². The van der Waals surface area contributed by atoms with E-state index in [1.807, 2.05) is 0 Å². The molecule has 9 aromatic rings. The summed E-state index contributed by atoms with van der Waals surface area (Å²) < 4.78 is 299. The SMILES string of the molecule is O=S(=O)([O-])c1cccc(P(c2cccc(S(=O)(=O)O)c2)c2cccc(S(=O)(=O)O)c2)c1.O=S(=O)([O-])c1cccc(P(c2cccc(S(=O)(=O)O)c2)c2cccc(S(=O)(=O)O)c2)c1.O=S(=O)([O-])c1cccc(P(c2cccc(S(=O)(=O)O)c2)c2cccc(S(=O)(=O)O)c2)c1.[K+].[K+].[K+]. The first-order valence-electron chi connectivity index (χ1n) is 24.8. The first-order chi connectivity index (χ1) is 42.8. The molecule has 9 aromatic carbocycles. The molecular weight excluding hydrogens is 1580 g/mol. The van der Waals surface area contributed by atoms with Crippen molar-refractivity contribution in [3.8, 4) is 0 Å². The zero-order valence-electron chi connectivity index (χ0n) is 49.1. The van der Waals surface area contributed by atoms with Crippen molar-refractivity contribution < 1.29 is 271 Å². The van der Waals surface area contributed by atoms with E-state index in [9.17, 15) is 117 Å². The van der Waals surface area contributed by atoms with Gasteiger partial charge in [-0.3, -0.25) is 27.3 Å². The van der Waals surface area contributed by atoms with Crippen LogP contribution in [0, 0.1) is 0 Å². The predicted octanol–water partition coefficient (Wildman–Crippen LogP) is -6.46. The number of benzene rings is 9. The van der Waals surface area contributed by atoms with Crippen molar-refractivity contribution >= 4 is 163 Å². The molecule has 96 heavy (non-hydrogen) atoms. The summed E-state index contributed by atoms with van der Waals surface area (Å²) in [6.45, 7) is 0. The zero-order chi connectivity index (χ0) is 69.1. The van der Waals surface area contributed by atoms with Gasteiger partial charge in [0.05, 0.1) is 44.1 Å². The van der Waals surface area contributed by atoms with Crippen LogP contribution in [0.15, 0.2) is 262 Å². The molecule has 0 saturated carbocycles. The van der Waals surface area contributed by atoms with Crippen LogP contribution in [0.4, 0.5) is 0 Å². The summed E-state index contributed by atoms with van der Waals surface area (Å²) in [6, 6.07) is 46.3. The molecule has 0 atom stereocenters. The Hall–Kier alpha value is -1.63. The van der Waals surface area contributed by atoms with Gasteiger partial charge in [-0.1, -0.05) is 109 Å². The van der Waals surface area contributed by atoms with Crippen LogP contribution in [0.1, 0.15) is 0 Å². The Bertz CT molecular complexity index is 4410. The van der Waals surface area contributed by atoms with Crippen LogP contribution in [0.2, 0.25) is 0 Å². The van der Waals surface area contributed by atoms with E-state index in [1.54, 1.807) is 0 Å². The fourth-order valence-corrected chi connectivity index (χ4v) is 21.1. The average molecular weight is 1620 g/mol. The molecule has 0 heterocycles. The molecule has 0 amide bonds. The van der Waals surface area contributed by atoms with Crippen LogP contribution in [-0.2, 0) is 91.1 Å². The minimum absolute atomic E-state index is 0. The molecule has 6 N–H and O–H groups in total. The van der Waals surface area contributed by atoms with Crippen LogP contribution in [0.5, 0.6) is 0 Å². The van der Waals surface area contributed by atoms with Crippen molar-refractivity contribution in [2.24, 2.45) is 0 Å². The van der Waals surface area contributed by atoms with Crippen molar-refractivity contribution in [2.45, 2.75) is 44.1 Å². The van der Waals surface area contributed by atoms with Crippen molar-refractivity contribution in [2.75, 3.05) is 0 Å². The van der Waals surface area contributed by atoms with Crippen LogP contribution >= 0.6 is 23.8 Å². The maximum atomic E-state index is 11.6. The van der Waals surface area contributed by atoms with E-state index in [-0.39, 0.29) is 154 Å². The normalized spacial score (nSPS) is 12.4. The molecule has 0 aliphatic rings. The van der Waals surface area contributed by atoms with E-state index < -0.39 is 159 Å². The molecule has 0 aliphatic carbocycles. The van der Waals surface area contributed by atoms with Gasteiger partial charge in [-0.15, -0.1) is 0 Å². The quantitative estimate of drug-likeness (QED) is 0.0264. The molecule has 0 aromatic heterocycles. The van der Waals surface area contributed by atoms with Gasteiger partial charge in [-0.25, -0.2) is 25.3 Å². The molecule has 27 nitrogen and oxygen atoms in total. The number of hydrogen-bond acceptors (Lipinski definition) is 21. The Morgan fingerprint density at radius 2 is 0.302 bits per heavy atom. The molecule has 9 rings (SSSR count). The van der Waals surface area contributed by atoms with Gasteiger partial charge in [-0.2, -0.15) is 50.5 Å². The molecule has 0 fully saturated rings. The fraction of sp³-hybridized carbons (Fsp3) is 0. The van der Waals surface area contributed by atoms with Gasteiger partial charge in [0.15, 0.2) is 0 Å². The monoisotopic (exact) mass is 1620 g/mol. The van der Waals surface area contributed by atoms with Gasteiger partial charge in [0.25, 0.3) is 60.7 Å². The van der Waals surface area contributed by atoms with Gasteiger partial charge >= 0.3 is 154 Å². The number of hydrogen-bond donors (Lipinski definition) is 6. The minimum atomic E-state index is -4.80. The summed E-state index contributed by atoms with van der Waals surface area (Å²) in [7, 11) is -47.1. The predicted molar refractivity (Wildman–Crippen MR) is 338 cm³/mol. The van der Waals surface area contributed by atoms with E-state index >= 15 is 0 Å². The number of rotatable bonds is 18. The van der Waals surface area contributed by atoms with Crippen LogP contribution in [0.3, 0.4) is 0 Å². The standard InChI is InChI=1S/3C18H15O9PS3.3K/c3*19-29(20,21)16-7-1-4-13(10-16)28(14-5-2-8-17(11-14)30(22,23)24)15-6-3-9-18(12-15)31(25,26)27;;;/h3*1-12H,(H,19,20,21)(H,22,23,24)(H,25,26,27);;;/q;;;3*+1/p-3. The maximum absolute atomic E-state index is 11.6. The summed E-state index contributed by atoms with van der Waals surface area (Å²) in [5, 5.41) is 2.80. The summed E-state index contributed by atoms with van der Waals surface area (Å²) in [5.41, 5.74) is 0. The van der Waals surface area contributed by atoms with Crippen molar-refractivity contribution in [3.05, 3.63) is 218 Å². The Morgan fingerprint density at radius 1 is 0.198 bits per heavy atom. The van der Waals surface area contributed by atoms with E-state index in [0.29, 0.717) is 47.7 Å². The van der Waals surface area contributed by atoms with E-state index in [1.165, 1.54) is 146 Å². The molecule has 0 bridgehead atoms. The molecular formula is C54H42K3O27P3S9. The smallest absolute Gasteiger partial charge is 0.744 e. The van der Waals surface area contributed by atoms with Crippen molar-refractivity contribution in [1.82, 2.24) is 0 Å². The third-order valence-electron chi connectivity index (χ3n) is 12.3. The molecule has 492 valence electrons. The van der Waals surface area contributed by atoms with E-state index in [0.717, 1.165) is 72.8 Å². The third kappa shape index (κ3) is 24.2. The van der Waals surface area contributed by atoms with Crippen LogP contribution in [0.25, 0.3) is 0 Å². The largest absolute Gasteiger partial charge is 1.00 e. The van der Waals surface area contributed by atoms with Gasteiger partial charge in [0.1, 0.15) is 30.4 Å². The maximum Gasteiger partial charge on any atom is 1.00 e. The summed E-state index contributed by atoms with van der Waals surface area (Å²) in [4.78, 5) is -4.08. The first-order valence-corrected chi connectivity index (χ1v) is 41.7. The minimum Gasteiger partial charge on any atom is -0.744 e. The molecule has 0 saturated heterocycles. The summed E-state index contributed by atoms with van der Waals surface area (Å²) in [6.07, 6.45) is 0. The molecule has 0 spiro atoms. The Morgan fingerprint density at radius 3 is 0.406 bits per heavy atom. The van der Waals surface area contributed by atoms with Crippen molar-refractivity contribution in [1.29, 1.82) is 0 Å². The summed E-state index contributed by atoms with van der Waals surface area (Å²) in [5.74, 6) is 0. The molecule has 0 aliphatic heterocycles. The van der Waals surface area contributed by atoms with E-state index in [2.05, 4.69) is 0 Å². The van der Waals surface area contributed by atoms with Crippen LogP contribution in [-0.4, -0.2) is 117 Å². The second kappa shape index (κ2) is 34.8. The van der Waals surface area contributed by atoms with E-state index in [4.69, 9.17) is 0 Å². The average Bonchev–Trinajstić information content (AvgIpc) is 0.794. The van der Waals surface area contributed by atoms with Gasteiger partial charge in [0.2, 0.25) is 0 Å². The Labute approximate surface area is 684 Å². The Balaban J connectivity index is 0.000000302. The zero-order valence-corrected chi connectivity index (χ0v) is 68.5. The second-order valence-electron chi connectivity index (χ2n) is 18.7. The molecule has 42 heteroatoms. The van der Waals surface area contributed by atoms with Gasteiger partial charge < -0.3 is 13.7 Å². The fourth-order valence-electron chi connectivity index (χ4n) is 8.37. The first kappa shape index (κ1) is 86.8. The van der Waals surface area contributed by atoms with Gasteiger partial charge in [0, 0.05) is 0 Å². The third-order valence-corrected chi connectivity index (χ3v) is 27.1. The van der Waals surface area contributed by atoms with Crippen molar-refractivity contribution in [3.63, 3.8) is 0 Å².